The topological polar surface area (TPSA) is 35.6 Å². The van der Waals surface area contributed by atoms with Crippen LogP contribution in [0.1, 0.15) is 17.1 Å². The summed E-state index contributed by atoms with van der Waals surface area (Å²) >= 11 is 0. The molecule has 2 aromatic carbocycles. The number of rotatable bonds is 3. The van der Waals surface area contributed by atoms with Crippen LogP contribution in [0.5, 0.6) is 0 Å². The molecule has 2 aromatic heterocycles. The minimum Gasteiger partial charge on any atom is -0.331 e. The molecule has 0 aliphatic carbocycles. The zero-order valence-corrected chi connectivity index (χ0v) is 14.2. The number of halogens is 4. The standard InChI is InChI=1S/C19H14F4N4/c1-26-17-9-12(19(21,22)23)5-6-16(17)25-18(26)11-15-7-8-24-27(15)14-4-2-3-13(20)10-14/h2-10H,11H2,1H3. The van der Waals surface area contributed by atoms with Crippen molar-refractivity contribution in [2.45, 2.75) is 12.6 Å². The Morgan fingerprint density at radius 3 is 2.59 bits per heavy atom. The molecule has 0 atom stereocenters. The average molecular weight is 374 g/mol. The first-order chi connectivity index (χ1) is 12.8. The van der Waals surface area contributed by atoms with Crippen molar-refractivity contribution in [1.82, 2.24) is 19.3 Å². The van der Waals surface area contributed by atoms with Gasteiger partial charge in [-0.2, -0.15) is 18.3 Å². The van der Waals surface area contributed by atoms with Crippen molar-refractivity contribution in [2.75, 3.05) is 0 Å². The van der Waals surface area contributed by atoms with Crippen LogP contribution < -0.4 is 0 Å². The second kappa shape index (κ2) is 6.22. The largest absolute Gasteiger partial charge is 0.416 e. The van der Waals surface area contributed by atoms with E-state index in [-0.39, 0.29) is 5.82 Å². The maximum atomic E-state index is 13.5. The van der Waals surface area contributed by atoms with Crippen LogP contribution in [0.2, 0.25) is 0 Å². The second-order valence-corrected chi connectivity index (χ2v) is 6.18. The third-order valence-corrected chi connectivity index (χ3v) is 4.41. The summed E-state index contributed by atoms with van der Waals surface area (Å²) in [7, 11) is 1.67. The summed E-state index contributed by atoms with van der Waals surface area (Å²) in [6, 6.07) is 11.3. The molecule has 0 amide bonds. The highest BCUT2D eigenvalue weighted by atomic mass is 19.4. The summed E-state index contributed by atoms with van der Waals surface area (Å²) in [5, 5.41) is 4.22. The van der Waals surface area contributed by atoms with E-state index < -0.39 is 11.7 Å². The van der Waals surface area contributed by atoms with E-state index in [4.69, 9.17) is 0 Å². The molecule has 0 aliphatic heterocycles. The number of hydrogen-bond donors (Lipinski definition) is 0. The van der Waals surface area contributed by atoms with Gasteiger partial charge in [0.2, 0.25) is 0 Å². The van der Waals surface area contributed by atoms with Crippen molar-refractivity contribution in [3.63, 3.8) is 0 Å². The number of imidazole rings is 1. The van der Waals surface area contributed by atoms with E-state index in [2.05, 4.69) is 10.1 Å². The van der Waals surface area contributed by atoms with E-state index in [0.29, 0.717) is 29.0 Å². The molecule has 0 radical (unpaired) electrons. The molecule has 138 valence electrons. The molecule has 0 spiro atoms. The minimum absolute atomic E-state index is 0.336. The smallest absolute Gasteiger partial charge is 0.331 e. The Hall–Kier alpha value is -3.16. The zero-order valence-electron chi connectivity index (χ0n) is 14.2. The minimum atomic E-state index is -4.41. The second-order valence-electron chi connectivity index (χ2n) is 6.18. The summed E-state index contributed by atoms with van der Waals surface area (Å²) in [6.45, 7) is 0. The molecule has 0 unspecified atom stereocenters. The lowest BCUT2D eigenvalue weighted by atomic mass is 10.2. The lowest BCUT2D eigenvalue weighted by Crippen LogP contribution is -2.07. The fourth-order valence-corrected chi connectivity index (χ4v) is 3.04. The van der Waals surface area contributed by atoms with E-state index in [1.807, 2.05) is 0 Å². The van der Waals surface area contributed by atoms with Crippen LogP contribution in [0.4, 0.5) is 17.6 Å². The van der Waals surface area contributed by atoms with Gasteiger partial charge in [0.1, 0.15) is 11.6 Å². The van der Waals surface area contributed by atoms with Crippen molar-refractivity contribution in [2.24, 2.45) is 7.05 Å². The van der Waals surface area contributed by atoms with E-state index >= 15 is 0 Å². The highest BCUT2D eigenvalue weighted by Gasteiger charge is 2.31. The number of benzene rings is 2. The van der Waals surface area contributed by atoms with Crippen molar-refractivity contribution >= 4 is 11.0 Å². The van der Waals surface area contributed by atoms with Crippen LogP contribution in [0.15, 0.2) is 54.7 Å². The Kier molecular flexibility index (Phi) is 3.98. The highest BCUT2D eigenvalue weighted by molar-refractivity contribution is 5.77. The quantitative estimate of drug-likeness (QED) is 0.495. The molecule has 8 heteroatoms. The van der Waals surface area contributed by atoms with Gasteiger partial charge in [-0.15, -0.1) is 0 Å². The van der Waals surface area contributed by atoms with Gasteiger partial charge >= 0.3 is 6.18 Å². The fraction of sp³-hybridized carbons (Fsp3) is 0.158. The first-order valence-electron chi connectivity index (χ1n) is 8.14. The van der Waals surface area contributed by atoms with Crippen LogP contribution >= 0.6 is 0 Å². The summed E-state index contributed by atoms with van der Waals surface area (Å²) in [5.74, 6) is 0.207. The van der Waals surface area contributed by atoms with Gasteiger partial charge < -0.3 is 4.57 Å². The molecule has 0 fully saturated rings. The summed E-state index contributed by atoms with van der Waals surface area (Å²) in [5.41, 5.74) is 1.48. The number of nitrogens with zero attached hydrogens (tertiary/aromatic N) is 4. The Morgan fingerprint density at radius 2 is 1.85 bits per heavy atom. The number of hydrogen-bond acceptors (Lipinski definition) is 2. The Balaban J connectivity index is 1.73. The third kappa shape index (κ3) is 3.18. The maximum absolute atomic E-state index is 13.5. The van der Waals surface area contributed by atoms with Crippen molar-refractivity contribution in [3.05, 3.63) is 77.6 Å². The number of fused-ring (bicyclic) bond motifs is 1. The molecule has 2 heterocycles. The zero-order chi connectivity index (χ0) is 19.2. The predicted octanol–water partition coefficient (Wildman–Crippen LogP) is 4.51. The summed E-state index contributed by atoms with van der Waals surface area (Å²) in [4.78, 5) is 4.44. The molecule has 0 aliphatic rings. The molecule has 4 nitrogen and oxygen atoms in total. The molecule has 0 N–H and O–H groups in total. The van der Waals surface area contributed by atoms with Gasteiger partial charge in [0.05, 0.1) is 28.0 Å². The molecule has 0 saturated heterocycles. The average Bonchev–Trinajstić information content (AvgIpc) is 3.19. The van der Waals surface area contributed by atoms with Crippen LogP contribution in [-0.4, -0.2) is 19.3 Å². The van der Waals surface area contributed by atoms with E-state index in [1.54, 1.807) is 40.7 Å². The van der Waals surface area contributed by atoms with Gasteiger partial charge in [-0.3, -0.25) is 0 Å². The number of aryl methyl sites for hydroxylation is 1. The van der Waals surface area contributed by atoms with E-state index in [0.717, 1.165) is 17.8 Å². The summed E-state index contributed by atoms with van der Waals surface area (Å²) in [6.07, 6.45) is -2.48. The molecule has 27 heavy (non-hydrogen) atoms. The van der Waals surface area contributed by atoms with Crippen molar-refractivity contribution in [3.8, 4) is 5.69 Å². The molecular formula is C19H14F4N4. The fourth-order valence-electron chi connectivity index (χ4n) is 3.04. The molecule has 4 aromatic rings. The van der Waals surface area contributed by atoms with Crippen molar-refractivity contribution in [1.29, 1.82) is 0 Å². The first-order valence-corrected chi connectivity index (χ1v) is 8.14. The SMILES string of the molecule is Cn1c(Cc2ccnn2-c2cccc(F)c2)nc2ccc(C(F)(F)F)cc21. The van der Waals surface area contributed by atoms with Gasteiger partial charge in [-0.25, -0.2) is 14.1 Å². The number of aromatic nitrogens is 4. The first kappa shape index (κ1) is 17.3. The van der Waals surface area contributed by atoms with E-state index in [9.17, 15) is 17.6 Å². The normalized spacial score (nSPS) is 12.0. The molecule has 0 bridgehead atoms. The highest BCUT2D eigenvalue weighted by Crippen LogP contribution is 2.31. The maximum Gasteiger partial charge on any atom is 0.416 e. The number of alkyl halides is 3. The van der Waals surface area contributed by atoms with Gasteiger partial charge in [0.25, 0.3) is 0 Å². The monoisotopic (exact) mass is 374 g/mol. The van der Waals surface area contributed by atoms with Crippen LogP contribution in [0, 0.1) is 5.82 Å². The third-order valence-electron chi connectivity index (χ3n) is 4.41. The van der Waals surface area contributed by atoms with Crippen LogP contribution in [0.3, 0.4) is 0 Å². The molecule has 0 saturated carbocycles. The van der Waals surface area contributed by atoms with Crippen molar-refractivity contribution < 1.29 is 17.6 Å². The molecular weight excluding hydrogens is 360 g/mol. The Labute approximate surface area is 151 Å². The van der Waals surface area contributed by atoms with Gasteiger partial charge in [0.15, 0.2) is 0 Å². The van der Waals surface area contributed by atoms with Crippen LogP contribution in [-0.2, 0) is 19.6 Å². The lowest BCUT2D eigenvalue weighted by molar-refractivity contribution is -0.137. The lowest BCUT2D eigenvalue weighted by Gasteiger charge is -2.08. The van der Waals surface area contributed by atoms with Gasteiger partial charge in [0, 0.05) is 19.7 Å². The van der Waals surface area contributed by atoms with Gasteiger partial charge in [-0.1, -0.05) is 6.07 Å². The molecule has 4 rings (SSSR count). The van der Waals surface area contributed by atoms with E-state index in [1.165, 1.54) is 18.2 Å². The Morgan fingerprint density at radius 1 is 1.04 bits per heavy atom. The Bertz CT molecular complexity index is 1120. The predicted molar refractivity (Wildman–Crippen MR) is 92.0 cm³/mol. The van der Waals surface area contributed by atoms with Crippen LogP contribution in [0.25, 0.3) is 16.7 Å². The van der Waals surface area contributed by atoms with Gasteiger partial charge in [-0.05, 0) is 42.5 Å². The summed E-state index contributed by atoms with van der Waals surface area (Å²) < 4.78 is 55.6.